The second-order valence-electron chi connectivity index (χ2n) is 11.4. The summed E-state index contributed by atoms with van der Waals surface area (Å²) in [4.78, 5) is 12.8. The number of para-hydroxylation sites is 3. The fraction of sp³-hybridized carbons (Fsp3) is 0. The van der Waals surface area contributed by atoms with Crippen molar-refractivity contribution in [3.63, 3.8) is 0 Å². The third-order valence-electron chi connectivity index (χ3n) is 8.93. The predicted molar refractivity (Wildman–Crippen MR) is 188 cm³/mol. The number of hydrogen-bond acceptors (Lipinski definition) is 4. The second kappa shape index (κ2) is 9.36. The Labute approximate surface area is 263 Å². The molecule has 1 aliphatic heterocycles. The molecule has 0 atom stereocenters. The quantitative estimate of drug-likeness (QED) is 0.205. The van der Waals surface area contributed by atoms with Gasteiger partial charge in [0.15, 0.2) is 0 Å². The normalized spacial score (nSPS) is 12.4. The van der Waals surface area contributed by atoms with Crippen LogP contribution in [0.1, 0.15) is 0 Å². The maximum Gasteiger partial charge on any atom is 0.235 e. The molecule has 0 N–H and O–H groups in total. The lowest BCUT2D eigenvalue weighted by atomic mass is 10.1. The highest BCUT2D eigenvalue weighted by Crippen LogP contribution is 2.51. The van der Waals surface area contributed by atoms with Gasteiger partial charge in [0.05, 0.1) is 39.5 Å². The fourth-order valence-electron chi connectivity index (χ4n) is 6.98. The Balaban J connectivity index is 1.31. The van der Waals surface area contributed by atoms with E-state index in [0.717, 1.165) is 39.6 Å². The van der Waals surface area contributed by atoms with Crippen molar-refractivity contribution in [2.24, 2.45) is 0 Å². The van der Waals surface area contributed by atoms with Gasteiger partial charge in [-0.05, 0) is 36.4 Å². The highest BCUT2D eigenvalue weighted by molar-refractivity contribution is 7.26. The summed E-state index contributed by atoms with van der Waals surface area (Å²) < 4.78 is 5.08. The number of thiophene rings is 1. The molecule has 1 aliphatic rings. The van der Waals surface area contributed by atoms with Gasteiger partial charge in [0, 0.05) is 42.1 Å². The molecule has 0 fully saturated rings. The molecule has 10 rings (SSSR count). The first-order valence-electron chi connectivity index (χ1n) is 15.1. The molecule has 0 unspecified atom stereocenters. The van der Waals surface area contributed by atoms with E-state index in [1.807, 2.05) is 23.5 Å². The number of rotatable bonds is 3. The van der Waals surface area contributed by atoms with Gasteiger partial charge >= 0.3 is 0 Å². The Morgan fingerprint density at radius 3 is 1.87 bits per heavy atom. The number of fused-ring (bicyclic) bond motifs is 9. The van der Waals surface area contributed by atoms with Crippen LogP contribution in [-0.4, -0.2) is 14.5 Å². The number of benzene rings is 6. The van der Waals surface area contributed by atoms with Gasteiger partial charge in [-0.3, -0.25) is 4.90 Å². The minimum Gasteiger partial charge on any atom is -0.305 e. The van der Waals surface area contributed by atoms with Crippen molar-refractivity contribution in [2.75, 3.05) is 4.90 Å². The smallest absolute Gasteiger partial charge is 0.235 e. The van der Waals surface area contributed by atoms with Gasteiger partial charge in [-0.1, -0.05) is 109 Å². The largest absolute Gasteiger partial charge is 0.305 e. The van der Waals surface area contributed by atoms with E-state index in [1.54, 1.807) is 0 Å². The van der Waals surface area contributed by atoms with Crippen LogP contribution >= 0.6 is 11.3 Å². The predicted octanol–water partition coefficient (Wildman–Crippen LogP) is 11.1. The molecular weight excluding hydrogens is 569 g/mol. The second-order valence-corrected chi connectivity index (χ2v) is 12.5. The average Bonchev–Trinajstić information content (AvgIpc) is 3.66. The van der Waals surface area contributed by atoms with Gasteiger partial charge in [0.1, 0.15) is 0 Å². The number of hydrogen-bond donors (Lipinski definition) is 0. The van der Waals surface area contributed by atoms with Crippen molar-refractivity contribution in [3.05, 3.63) is 146 Å². The van der Waals surface area contributed by atoms with Gasteiger partial charge < -0.3 is 4.57 Å². The molecule has 9 aromatic rings. The molecule has 0 spiro atoms. The zero-order valence-corrected chi connectivity index (χ0v) is 24.9. The molecule has 0 amide bonds. The molecule has 5 heteroatoms. The summed E-state index contributed by atoms with van der Waals surface area (Å²) in [5.74, 6) is 0.652. The van der Waals surface area contributed by atoms with Crippen LogP contribution in [0.5, 0.6) is 0 Å². The molecule has 0 aliphatic carbocycles. The summed E-state index contributed by atoms with van der Waals surface area (Å²) in [5, 5.41) is 5.16. The monoisotopic (exact) mass is 592 g/mol. The molecule has 4 heterocycles. The molecule has 4 nitrogen and oxygen atoms in total. The first kappa shape index (κ1) is 24.6. The van der Waals surface area contributed by atoms with E-state index in [1.165, 1.54) is 42.0 Å². The van der Waals surface area contributed by atoms with Crippen LogP contribution in [0.4, 0.5) is 17.3 Å². The van der Waals surface area contributed by atoms with Gasteiger partial charge in [-0.25, -0.2) is 9.97 Å². The number of nitrogens with zero attached hydrogens (tertiary/aromatic N) is 4. The molecule has 210 valence electrons. The SMILES string of the molecule is c1ccc(-c2cc(-c3ccccc3)nc(N3c4ccccc4-n4c5ccc6c7ccccc7sc6c5c5cccc3c54)n2)cc1. The lowest BCUT2D eigenvalue weighted by molar-refractivity contribution is 1.04. The number of aromatic nitrogens is 3. The van der Waals surface area contributed by atoms with E-state index < -0.39 is 0 Å². The summed E-state index contributed by atoms with van der Waals surface area (Å²) in [7, 11) is 0. The van der Waals surface area contributed by atoms with Crippen LogP contribution in [0.15, 0.2) is 146 Å². The molecule has 0 bridgehead atoms. The van der Waals surface area contributed by atoms with E-state index in [0.29, 0.717) is 5.95 Å². The summed E-state index contributed by atoms with van der Waals surface area (Å²) in [5.41, 5.74) is 9.53. The molecule has 6 aromatic carbocycles. The van der Waals surface area contributed by atoms with Gasteiger partial charge in [-0.2, -0.15) is 0 Å². The third kappa shape index (κ3) is 3.53. The minimum absolute atomic E-state index is 0.652. The maximum absolute atomic E-state index is 5.25. The van der Waals surface area contributed by atoms with Crippen LogP contribution in [0, 0.1) is 0 Å². The topological polar surface area (TPSA) is 34.0 Å². The Bertz CT molecular complexity index is 2540. The molecule has 0 saturated carbocycles. The van der Waals surface area contributed by atoms with E-state index in [-0.39, 0.29) is 0 Å². The lowest BCUT2D eigenvalue weighted by Gasteiger charge is -2.31. The van der Waals surface area contributed by atoms with Crippen LogP contribution < -0.4 is 4.90 Å². The lowest BCUT2D eigenvalue weighted by Crippen LogP contribution is -2.20. The maximum atomic E-state index is 5.25. The Kier molecular flexibility index (Phi) is 5.12. The van der Waals surface area contributed by atoms with E-state index >= 15 is 0 Å². The van der Waals surface area contributed by atoms with E-state index in [4.69, 9.17) is 9.97 Å². The highest BCUT2D eigenvalue weighted by atomic mass is 32.1. The third-order valence-corrected chi connectivity index (χ3v) is 10.1. The van der Waals surface area contributed by atoms with Gasteiger partial charge in [-0.15, -0.1) is 11.3 Å². The van der Waals surface area contributed by atoms with Crippen LogP contribution in [0.25, 0.3) is 70.2 Å². The Morgan fingerprint density at radius 1 is 0.489 bits per heavy atom. The Hall–Kier alpha value is -5.78. The first-order valence-corrected chi connectivity index (χ1v) is 15.9. The minimum atomic E-state index is 0.652. The molecule has 45 heavy (non-hydrogen) atoms. The fourth-order valence-corrected chi connectivity index (χ4v) is 8.24. The van der Waals surface area contributed by atoms with E-state index in [9.17, 15) is 0 Å². The number of anilines is 3. The summed E-state index contributed by atoms with van der Waals surface area (Å²) in [6, 6.07) is 51.5. The van der Waals surface area contributed by atoms with Crippen molar-refractivity contribution in [1.82, 2.24) is 14.5 Å². The first-order chi connectivity index (χ1) is 22.3. The van der Waals surface area contributed by atoms with Crippen molar-refractivity contribution in [2.45, 2.75) is 0 Å². The molecular formula is C40H24N4S. The summed E-state index contributed by atoms with van der Waals surface area (Å²) >= 11 is 1.88. The van der Waals surface area contributed by atoms with Crippen LogP contribution in [0.2, 0.25) is 0 Å². The van der Waals surface area contributed by atoms with Crippen molar-refractivity contribution in [3.8, 4) is 28.2 Å². The van der Waals surface area contributed by atoms with Crippen molar-refractivity contribution < 1.29 is 0 Å². The van der Waals surface area contributed by atoms with Gasteiger partial charge in [0.25, 0.3) is 0 Å². The average molecular weight is 593 g/mol. The molecule has 3 aromatic heterocycles. The van der Waals surface area contributed by atoms with Crippen molar-refractivity contribution >= 4 is 70.6 Å². The van der Waals surface area contributed by atoms with Gasteiger partial charge in [0.2, 0.25) is 5.95 Å². The Morgan fingerprint density at radius 2 is 1.11 bits per heavy atom. The molecule has 0 radical (unpaired) electrons. The van der Waals surface area contributed by atoms with Crippen LogP contribution in [0.3, 0.4) is 0 Å². The molecule has 0 saturated heterocycles. The van der Waals surface area contributed by atoms with E-state index in [2.05, 4.69) is 143 Å². The standard InChI is InChI=1S/C40H24N4S/c1-3-12-25(13-4-1)30-24-31(26-14-5-2-6-15-26)42-40(41-30)44-33-19-9-8-18-32(33)43-34-23-22-28-27-16-7-10-21-36(27)45-39(28)37(34)29-17-11-20-35(44)38(29)43/h1-24H. The zero-order chi connectivity index (χ0) is 29.5. The van der Waals surface area contributed by atoms with Crippen LogP contribution in [-0.2, 0) is 0 Å². The summed E-state index contributed by atoms with van der Waals surface area (Å²) in [6.45, 7) is 0. The summed E-state index contributed by atoms with van der Waals surface area (Å²) in [6.07, 6.45) is 0. The zero-order valence-electron chi connectivity index (χ0n) is 24.1. The van der Waals surface area contributed by atoms with Crippen molar-refractivity contribution in [1.29, 1.82) is 0 Å². The highest BCUT2D eigenvalue weighted by Gasteiger charge is 2.31.